The summed E-state index contributed by atoms with van der Waals surface area (Å²) < 4.78 is 27.0. The SMILES string of the molecule is CC(C)NS(=O)(=O)c1ccccc1NC(C)(C)CO. The van der Waals surface area contributed by atoms with Gasteiger partial charge in [0, 0.05) is 6.04 Å². The van der Waals surface area contributed by atoms with Gasteiger partial charge < -0.3 is 10.4 Å². The fraction of sp³-hybridized carbons (Fsp3) is 0.538. The van der Waals surface area contributed by atoms with Crippen LogP contribution in [0.2, 0.25) is 0 Å². The van der Waals surface area contributed by atoms with Gasteiger partial charge in [-0.1, -0.05) is 12.1 Å². The van der Waals surface area contributed by atoms with E-state index in [1.54, 1.807) is 52.0 Å². The van der Waals surface area contributed by atoms with Gasteiger partial charge in [-0.15, -0.1) is 0 Å². The first kappa shape index (κ1) is 15.9. The minimum atomic E-state index is -3.56. The molecule has 0 aliphatic carbocycles. The summed E-state index contributed by atoms with van der Waals surface area (Å²) in [5.41, 5.74) is -0.113. The molecule has 0 aliphatic rings. The standard InChI is InChI=1S/C13H22N2O3S/c1-10(2)15-19(17,18)12-8-6-5-7-11(12)14-13(3,4)9-16/h5-8,10,14-16H,9H2,1-4H3. The number of aliphatic hydroxyl groups is 1. The van der Waals surface area contributed by atoms with E-state index in [2.05, 4.69) is 10.0 Å². The van der Waals surface area contributed by atoms with Crippen molar-refractivity contribution in [3.05, 3.63) is 24.3 Å². The number of hydrogen-bond donors (Lipinski definition) is 3. The van der Waals surface area contributed by atoms with E-state index >= 15 is 0 Å². The van der Waals surface area contributed by atoms with Crippen LogP contribution in [0.5, 0.6) is 0 Å². The van der Waals surface area contributed by atoms with Gasteiger partial charge in [0.05, 0.1) is 17.8 Å². The second-order valence-electron chi connectivity index (χ2n) is 5.44. The van der Waals surface area contributed by atoms with Gasteiger partial charge in [-0.25, -0.2) is 13.1 Å². The van der Waals surface area contributed by atoms with Crippen molar-refractivity contribution < 1.29 is 13.5 Å². The van der Waals surface area contributed by atoms with Crippen LogP contribution >= 0.6 is 0 Å². The van der Waals surface area contributed by atoms with Crippen LogP contribution in [0.3, 0.4) is 0 Å². The summed E-state index contributed by atoms with van der Waals surface area (Å²) in [6.45, 7) is 7.04. The van der Waals surface area contributed by atoms with Crippen molar-refractivity contribution in [1.82, 2.24) is 4.72 Å². The van der Waals surface area contributed by atoms with Crippen LogP contribution in [0.1, 0.15) is 27.7 Å². The number of aliphatic hydroxyl groups excluding tert-OH is 1. The van der Waals surface area contributed by atoms with Crippen molar-refractivity contribution >= 4 is 15.7 Å². The van der Waals surface area contributed by atoms with Crippen LogP contribution in [0, 0.1) is 0 Å². The van der Waals surface area contributed by atoms with Gasteiger partial charge in [-0.3, -0.25) is 0 Å². The van der Waals surface area contributed by atoms with Crippen molar-refractivity contribution in [3.63, 3.8) is 0 Å². The average molecular weight is 286 g/mol. The maximum atomic E-state index is 12.2. The van der Waals surface area contributed by atoms with Crippen LogP contribution in [0.4, 0.5) is 5.69 Å². The average Bonchev–Trinajstić information content (AvgIpc) is 2.27. The number of anilines is 1. The molecule has 6 heteroatoms. The van der Waals surface area contributed by atoms with Gasteiger partial charge in [0.15, 0.2) is 0 Å². The Morgan fingerprint density at radius 2 is 1.84 bits per heavy atom. The van der Waals surface area contributed by atoms with Crippen molar-refractivity contribution in [2.45, 2.75) is 44.2 Å². The molecule has 0 fully saturated rings. The van der Waals surface area contributed by atoms with E-state index in [1.165, 1.54) is 0 Å². The molecular weight excluding hydrogens is 264 g/mol. The van der Waals surface area contributed by atoms with Gasteiger partial charge in [-0.2, -0.15) is 0 Å². The Morgan fingerprint density at radius 3 is 2.37 bits per heavy atom. The zero-order chi connectivity index (χ0) is 14.7. The lowest BCUT2D eigenvalue weighted by atomic mass is 10.1. The highest BCUT2D eigenvalue weighted by Gasteiger charge is 2.23. The van der Waals surface area contributed by atoms with Gasteiger partial charge in [0.1, 0.15) is 4.90 Å². The summed E-state index contributed by atoms with van der Waals surface area (Å²) in [6.07, 6.45) is 0. The fourth-order valence-electron chi connectivity index (χ4n) is 1.58. The highest BCUT2D eigenvalue weighted by atomic mass is 32.2. The third kappa shape index (κ3) is 4.49. The first-order chi connectivity index (χ1) is 8.68. The predicted octanol–water partition coefficient (Wildman–Crippen LogP) is 1.56. The third-order valence-corrected chi connectivity index (χ3v) is 4.15. The van der Waals surface area contributed by atoms with Crippen LogP contribution in [-0.4, -0.2) is 31.7 Å². The van der Waals surface area contributed by atoms with Crippen molar-refractivity contribution in [3.8, 4) is 0 Å². The molecule has 1 rings (SSSR count). The van der Waals surface area contributed by atoms with E-state index in [9.17, 15) is 13.5 Å². The van der Waals surface area contributed by atoms with Crippen molar-refractivity contribution in [2.24, 2.45) is 0 Å². The maximum Gasteiger partial charge on any atom is 0.242 e. The first-order valence-electron chi connectivity index (χ1n) is 6.18. The molecule has 0 aliphatic heterocycles. The van der Waals surface area contributed by atoms with Crippen molar-refractivity contribution in [1.29, 1.82) is 0 Å². The molecule has 0 spiro atoms. The fourth-order valence-corrected chi connectivity index (χ4v) is 3.00. The van der Waals surface area contributed by atoms with Gasteiger partial charge >= 0.3 is 0 Å². The predicted molar refractivity (Wildman–Crippen MR) is 76.7 cm³/mol. The number of para-hydroxylation sites is 1. The Morgan fingerprint density at radius 1 is 1.26 bits per heavy atom. The molecule has 0 heterocycles. The molecule has 0 atom stereocenters. The molecule has 108 valence electrons. The molecule has 0 bridgehead atoms. The minimum absolute atomic E-state index is 0.0982. The lowest BCUT2D eigenvalue weighted by molar-refractivity contribution is 0.234. The van der Waals surface area contributed by atoms with E-state index in [0.29, 0.717) is 5.69 Å². The Kier molecular flexibility index (Phi) is 4.95. The number of hydrogen-bond acceptors (Lipinski definition) is 4. The van der Waals surface area contributed by atoms with Crippen LogP contribution in [0.15, 0.2) is 29.2 Å². The molecule has 5 nitrogen and oxygen atoms in total. The van der Waals surface area contributed by atoms with Crippen LogP contribution < -0.4 is 10.0 Å². The van der Waals surface area contributed by atoms with Gasteiger partial charge in [0.25, 0.3) is 0 Å². The summed E-state index contributed by atoms with van der Waals surface area (Å²) >= 11 is 0. The van der Waals surface area contributed by atoms with Gasteiger partial charge in [0.2, 0.25) is 10.0 Å². The van der Waals surface area contributed by atoms with E-state index in [-0.39, 0.29) is 17.5 Å². The molecule has 0 saturated carbocycles. The van der Waals surface area contributed by atoms with Crippen LogP contribution in [0.25, 0.3) is 0 Å². The summed E-state index contributed by atoms with van der Waals surface area (Å²) in [4.78, 5) is 0.185. The summed E-state index contributed by atoms with van der Waals surface area (Å²) in [5, 5.41) is 12.3. The first-order valence-corrected chi connectivity index (χ1v) is 7.67. The van der Waals surface area contributed by atoms with Crippen LogP contribution in [-0.2, 0) is 10.0 Å². The number of benzene rings is 1. The Bertz CT molecular complexity index is 524. The summed E-state index contributed by atoms with van der Waals surface area (Å²) in [7, 11) is -3.56. The second-order valence-corrected chi connectivity index (χ2v) is 7.12. The Labute approximate surface area is 115 Å². The molecule has 1 aromatic rings. The van der Waals surface area contributed by atoms with Gasteiger partial charge in [-0.05, 0) is 39.8 Å². The molecule has 1 aromatic carbocycles. The molecule has 0 aromatic heterocycles. The zero-order valence-corrected chi connectivity index (χ0v) is 12.6. The van der Waals surface area contributed by atoms with Crippen molar-refractivity contribution in [2.75, 3.05) is 11.9 Å². The highest BCUT2D eigenvalue weighted by molar-refractivity contribution is 7.89. The lowest BCUT2D eigenvalue weighted by Gasteiger charge is -2.26. The topological polar surface area (TPSA) is 78.4 Å². The van der Waals surface area contributed by atoms with E-state index in [4.69, 9.17) is 0 Å². The lowest BCUT2D eigenvalue weighted by Crippen LogP contribution is -2.36. The molecule has 0 amide bonds. The number of rotatable bonds is 6. The van der Waals surface area contributed by atoms with E-state index in [1.807, 2.05) is 0 Å². The summed E-state index contributed by atoms with van der Waals surface area (Å²) in [6, 6.07) is 6.48. The third-order valence-electron chi connectivity index (χ3n) is 2.44. The highest BCUT2D eigenvalue weighted by Crippen LogP contribution is 2.24. The monoisotopic (exact) mass is 286 g/mol. The normalized spacial score (nSPS) is 12.7. The largest absolute Gasteiger partial charge is 0.394 e. The second kappa shape index (κ2) is 5.90. The summed E-state index contributed by atoms with van der Waals surface area (Å²) in [5.74, 6) is 0. The number of sulfonamides is 1. The minimum Gasteiger partial charge on any atom is -0.394 e. The number of nitrogens with one attached hydrogen (secondary N) is 2. The molecule has 3 N–H and O–H groups in total. The Hall–Kier alpha value is -1.11. The zero-order valence-electron chi connectivity index (χ0n) is 11.8. The molecule has 0 unspecified atom stereocenters. The maximum absolute atomic E-state index is 12.2. The smallest absolute Gasteiger partial charge is 0.242 e. The quantitative estimate of drug-likeness (QED) is 0.741. The molecule has 0 radical (unpaired) electrons. The van der Waals surface area contributed by atoms with E-state index < -0.39 is 15.6 Å². The molecule has 19 heavy (non-hydrogen) atoms. The molecular formula is C13H22N2O3S. The van der Waals surface area contributed by atoms with E-state index in [0.717, 1.165) is 0 Å². The molecule has 0 saturated heterocycles. The Balaban J connectivity index is 3.16.